The predicted octanol–water partition coefficient (Wildman–Crippen LogP) is 1.11. The van der Waals surface area contributed by atoms with Gasteiger partial charge in [-0.2, -0.15) is 0 Å². The van der Waals surface area contributed by atoms with Gasteiger partial charge in [-0.15, -0.1) is 0 Å². The molecule has 1 fully saturated rings. The summed E-state index contributed by atoms with van der Waals surface area (Å²) >= 11 is 0. The summed E-state index contributed by atoms with van der Waals surface area (Å²) in [5.41, 5.74) is -0.00319. The molecule has 2 atom stereocenters. The van der Waals surface area contributed by atoms with Crippen LogP contribution < -0.4 is 0 Å². The molecule has 1 heterocycles. The molecule has 0 bridgehead atoms. The Hall–Kier alpha value is -0.120. The third-order valence-corrected chi connectivity index (χ3v) is 2.57. The van der Waals surface area contributed by atoms with Crippen LogP contribution in [0.1, 0.15) is 27.7 Å². The second-order valence-corrected chi connectivity index (χ2v) is 5.27. The van der Waals surface area contributed by atoms with Gasteiger partial charge in [0, 0.05) is 31.7 Å². The van der Waals surface area contributed by atoms with E-state index in [4.69, 9.17) is 4.74 Å². The van der Waals surface area contributed by atoms with Crippen LogP contribution >= 0.6 is 0 Å². The molecule has 1 N–H and O–H groups in total. The molecule has 3 heteroatoms. The van der Waals surface area contributed by atoms with Crippen LogP contribution in [0.2, 0.25) is 0 Å². The lowest BCUT2D eigenvalue weighted by Crippen LogP contribution is -2.49. The molecular formula is C11H23NO2. The highest BCUT2D eigenvalue weighted by Crippen LogP contribution is 2.19. The van der Waals surface area contributed by atoms with Gasteiger partial charge in [0.15, 0.2) is 0 Å². The minimum Gasteiger partial charge on any atom is -0.396 e. The largest absolute Gasteiger partial charge is 0.396 e. The Morgan fingerprint density at radius 3 is 2.21 bits per heavy atom. The maximum absolute atomic E-state index is 9.20. The van der Waals surface area contributed by atoms with Crippen LogP contribution in [0.25, 0.3) is 0 Å². The number of aliphatic hydroxyl groups excluding tert-OH is 1. The van der Waals surface area contributed by atoms with Crippen molar-refractivity contribution in [3.05, 3.63) is 0 Å². The number of hydrogen-bond acceptors (Lipinski definition) is 3. The summed E-state index contributed by atoms with van der Waals surface area (Å²) in [4.78, 5) is 2.38. The van der Waals surface area contributed by atoms with Crippen LogP contribution in [-0.4, -0.2) is 48.5 Å². The number of morpholine rings is 1. The zero-order chi connectivity index (χ0) is 10.8. The first-order chi connectivity index (χ1) is 6.43. The smallest absolute Gasteiger partial charge is 0.0678 e. The van der Waals surface area contributed by atoms with E-state index in [-0.39, 0.29) is 12.0 Å². The molecule has 0 aliphatic carbocycles. The van der Waals surface area contributed by atoms with Crippen molar-refractivity contribution in [2.75, 3.05) is 26.2 Å². The van der Waals surface area contributed by atoms with Gasteiger partial charge in [0.1, 0.15) is 0 Å². The van der Waals surface area contributed by atoms with Crippen molar-refractivity contribution in [3.63, 3.8) is 0 Å². The molecule has 1 aliphatic heterocycles. The van der Waals surface area contributed by atoms with Gasteiger partial charge in [-0.05, 0) is 13.8 Å². The van der Waals surface area contributed by atoms with Crippen LogP contribution in [-0.2, 0) is 4.74 Å². The zero-order valence-electron chi connectivity index (χ0n) is 9.79. The first-order valence-corrected chi connectivity index (χ1v) is 5.41. The molecule has 0 amide bonds. The topological polar surface area (TPSA) is 32.7 Å². The van der Waals surface area contributed by atoms with E-state index in [1.807, 2.05) is 0 Å². The lowest BCUT2D eigenvalue weighted by molar-refractivity contribution is -0.0785. The van der Waals surface area contributed by atoms with E-state index in [9.17, 15) is 5.11 Å². The van der Waals surface area contributed by atoms with Gasteiger partial charge in [-0.25, -0.2) is 0 Å². The van der Waals surface area contributed by atoms with Gasteiger partial charge in [0.05, 0.1) is 12.2 Å². The van der Waals surface area contributed by atoms with Gasteiger partial charge in [0.2, 0.25) is 0 Å². The van der Waals surface area contributed by atoms with Crippen molar-refractivity contribution in [1.29, 1.82) is 0 Å². The molecule has 1 aliphatic rings. The average molecular weight is 201 g/mol. The summed E-state index contributed by atoms with van der Waals surface area (Å²) in [7, 11) is 0. The van der Waals surface area contributed by atoms with Crippen LogP contribution in [0.4, 0.5) is 0 Å². The summed E-state index contributed by atoms with van der Waals surface area (Å²) in [6.45, 7) is 11.6. The van der Waals surface area contributed by atoms with Crippen molar-refractivity contribution in [3.8, 4) is 0 Å². The molecule has 0 aromatic heterocycles. The highest BCUT2D eigenvalue weighted by Gasteiger charge is 2.27. The van der Waals surface area contributed by atoms with E-state index in [0.29, 0.717) is 12.2 Å². The molecule has 0 radical (unpaired) electrons. The van der Waals surface area contributed by atoms with Crippen molar-refractivity contribution < 1.29 is 9.84 Å². The summed E-state index contributed by atoms with van der Waals surface area (Å²) in [6, 6.07) is 0. The predicted molar refractivity (Wildman–Crippen MR) is 57.3 cm³/mol. The minimum absolute atomic E-state index is 0.00319. The molecule has 0 aromatic rings. The summed E-state index contributed by atoms with van der Waals surface area (Å²) in [6.07, 6.45) is 0.626. The highest BCUT2D eigenvalue weighted by molar-refractivity contribution is 4.79. The summed E-state index contributed by atoms with van der Waals surface area (Å²) < 4.78 is 5.66. The SMILES string of the molecule is C[C@@H]1CN(CC(C)(C)CO)C[C@H](C)O1. The maximum atomic E-state index is 9.20. The Labute approximate surface area is 87.1 Å². The van der Waals surface area contributed by atoms with Crippen LogP contribution in [0, 0.1) is 5.41 Å². The van der Waals surface area contributed by atoms with Crippen molar-refractivity contribution in [2.45, 2.75) is 39.9 Å². The fourth-order valence-electron chi connectivity index (χ4n) is 2.07. The Bertz CT molecular complexity index is 172. The average Bonchev–Trinajstić information content (AvgIpc) is 2.01. The number of nitrogens with zero attached hydrogens (tertiary/aromatic N) is 1. The van der Waals surface area contributed by atoms with E-state index < -0.39 is 0 Å². The highest BCUT2D eigenvalue weighted by atomic mass is 16.5. The Morgan fingerprint density at radius 1 is 1.29 bits per heavy atom. The lowest BCUT2D eigenvalue weighted by Gasteiger charge is -2.39. The molecule has 1 rings (SSSR count). The van der Waals surface area contributed by atoms with Gasteiger partial charge in [0.25, 0.3) is 0 Å². The Morgan fingerprint density at radius 2 is 1.79 bits per heavy atom. The van der Waals surface area contributed by atoms with Crippen molar-refractivity contribution in [1.82, 2.24) is 4.90 Å². The zero-order valence-corrected chi connectivity index (χ0v) is 9.79. The number of hydrogen-bond donors (Lipinski definition) is 1. The van der Waals surface area contributed by atoms with Crippen LogP contribution in [0.15, 0.2) is 0 Å². The number of rotatable bonds is 3. The molecule has 0 aromatic carbocycles. The van der Waals surface area contributed by atoms with Gasteiger partial charge in [-0.3, -0.25) is 4.90 Å². The standard InChI is InChI=1S/C11H23NO2/c1-9-5-12(6-10(2)14-9)7-11(3,4)8-13/h9-10,13H,5-8H2,1-4H3/t9-,10+. The van der Waals surface area contributed by atoms with Crippen LogP contribution in [0.3, 0.4) is 0 Å². The molecule has 14 heavy (non-hydrogen) atoms. The van der Waals surface area contributed by atoms with Crippen LogP contribution in [0.5, 0.6) is 0 Å². The summed E-state index contributed by atoms with van der Waals surface area (Å²) in [5.74, 6) is 0. The molecule has 84 valence electrons. The van der Waals surface area contributed by atoms with Gasteiger partial charge >= 0.3 is 0 Å². The molecule has 0 unspecified atom stereocenters. The minimum atomic E-state index is -0.00319. The van der Waals surface area contributed by atoms with Crippen molar-refractivity contribution >= 4 is 0 Å². The maximum Gasteiger partial charge on any atom is 0.0678 e. The fourth-order valence-corrected chi connectivity index (χ4v) is 2.07. The first-order valence-electron chi connectivity index (χ1n) is 5.41. The quantitative estimate of drug-likeness (QED) is 0.742. The Balaban J connectivity index is 2.44. The third kappa shape index (κ3) is 3.56. The van der Waals surface area contributed by atoms with Gasteiger partial charge < -0.3 is 9.84 Å². The van der Waals surface area contributed by atoms with E-state index >= 15 is 0 Å². The lowest BCUT2D eigenvalue weighted by atomic mass is 9.93. The van der Waals surface area contributed by atoms with E-state index in [2.05, 4.69) is 32.6 Å². The third-order valence-electron chi connectivity index (χ3n) is 2.57. The van der Waals surface area contributed by atoms with Crippen molar-refractivity contribution in [2.24, 2.45) is 5.41 Å². The fraction of sp³-hybridized carbons (Fsp3) is 1.00. The van der Waals surface area contributed by atoms with E-state index in [1.54, 1.807) is 0 Å². The number of aliphatic hydroxyl groups is 1. The van der Waals surface area contributed by atoms with E-state index in [1.165, 1.54) is 0 Å². The second kappa shape index (κ2) is 4.60. The Kier molecular flexibility index (Phi) is 3.93. The monoisotopic (exact) mass is 201 g/mol. The summed E-state index contributed by atoms with van der Waals surface area (Å²) in [5, 5.41) is 9.20. The second-order valence-electron chi connectivity index (χ2n) is 5.27. The molecule has 0 spiro atoms. The van der Waals surface area contributed by atoms with Gasteiger partial charge in [-0.1, -0.05) is 13.8 Å². The molecule has 0 saturated carbocycles. The molecule has 3 nitrogen and oxygen atoms in total. The first kappa shape index (κ1) is 12.0. The normalized spacial score (nSPS) is 30.6. The molecule has 1 saturated heterocycles. The number of ether oxygens (including phenoxy) is 1. The molecular weight excluding hydrogens is 178 g/mol. The van der Waals surface area contributed by atoms with E-state index in [0.717, 1.165) is 19.6 Å².